The molecular weight excluding hydrogens is 254 g/mol. The van der Waals surface area contributed by atoms with Crippen molar-refractivity contribution in [1.82, 2.24) is 4.90 Å². The Morgan fingerprint density at radius 2 is 1.95 bits per heavy atom. The number of hydrogen-bond acceptors (Lipinski definition) is 3. The Kier molecular flexibility index (Phi) is 4.55. The van der Waals surface area contributed by atoms with Crippen molar-refractivity contribution < 1.29 is 14.7 Å². The highest BCUT2D eigenvalue weighted by Gasteiger charge is 2.36. The Morgan fingerprint density at radius 3 is 2.45 bits per heavy atom. The van der Waals surface area contributed by atoms with E-state index in [4.69, 9.17) is 0 Å². The number of likely N-dealkylation sites (tertiary alicyclic amines) is 1. The largest absolute Gasteiger partial charge is 0.387 e. The summed E-state index contributed by atoms with van der Waals surface area (Å²) in [5.74, 6) is -0.637. The first-order valence-electron chi connectivity index (χ1n) is 7.14. The van der Waals surface area contributed by atoms with Crippen molar-refractivity contribution in [3.05, 3.63) is 35.4 Å². The molecule has 0 aromatic heterocycles. The average molecular weight is 275 g/mol. The van der Waals surface area contributed by atoms with Crippen LogP contribution in [0.1, 0.15) is 43.9 Å². The maximum absolute atomic E-state index is 11.8. The Morgan fingerprint density at radius 1 is 1.30 bits per heavy atom. The molecule has 1 heterocycles. The molecule has 1 fully saturated rings. The predicted octanol–water partition coefficient (Wildman–Crippen LogP) is 2.07. The lowest BCUT2D eigenvalue weighted by Gasteiger charge is -2.19. The second kappa shape index (κ2) is 6.18. The van der Waals surface area contributed by atoms with Gasteiger partial charge in [-0.05, 0) is 17.5 Å². The number of imide groups is 1. The molecule has 0 aliphatic carbocycles. The molecule has 1 aliphatic rings. The molecule has 1 saturated heterocycles. The normalized spacial score (nSPS) is 20.6. The van der Waals surface area contributed by atoms with Crippen LogP contribution in [-0.4, -0.2) is 28.4 Å². The van der Waals surface area contributed by atoms with E-state index >= 15 is 0 Å². The molecule has 4 nitrogen and oxygen atoms in total. The van der Waals surface area contributed by atoms with Crippen LogP contribution in [0.5, 0.6) is 0 Å². The number of carbonyl (C=O) groups excluding carboxylic acids is 2. The molecule has 0 bridgehead atoms. The van der Waals surface area contributed by atoms with E-state index in [1.54, 1.807) is 6.92 Å². The van der Waals surface area contributed by atoms with E-state index in [9.17, 15) is 14.7 Å². The van der Waals surface area contributed by atoms with E-state index in [0.29, 0.717) is 0 Å². The summed E-state index contributed by atoms with van der Waals surface area (Å²) in [6, 6.07) is 7.70. The SMILES string of the molecule is CCCc1ccc(C(O)CN2C(=O)CC(C)C2=O)cc1. The van der Waals surface area contributed by atoms with E-state index in [0.717, 1.165) is 18.4 Å². The fourth-order valence-corrected chi connectivity index (χ4v) is 2.51. The second-order valence-corrected chi connectivity index (χ2v) is 5.46. The monoisotopic (exact) mass is 275 g/mol. The molecule has 2 unspecified atom stereocenters. The highest BCUT2D eigenvalue weighted by Crippen LogP contribution is 2.23. The smallest absolute Gasteiger partial charge is 0.232 e. The lowest BCUT2D eigenvalue weighted by molar-refractivity contribution is -0.140. The Hall–Kier alpha value is -1.68. The molecule has 2 rings (SSSR count). The minimum absolute atomic E-state index is 0.0507. The molecule has 0 spiro atoms. The van der Waals surface area contributed by atoms with Crippen molar-refractivity contribution in [1.29, 1.82) is 0 Å². The van der Waals surface area contributed by atoms with Crippen molar-refractivity contribution in [3.8, 4) is 0 Å². The van der Waals surface area contributed by atoms with Gasteiger partial charge >= 0.3 is 0 Å². The van der Waals surface area contributed by atoms with Crippen LogP contribution in [0.3, 0.4) is 0 Å². The number of β-amino-alcohol motifs (C(OH)–C–C–N with tert-alkyl or cyclic N) is 1. The molecule has 1 aromatic rings. The highest BCUT2D eigenvalue weighted by molar-refractivity contribution is 6.03. The molecule has 108 valence electrons. The zero-order valence-electron chi connectivity index (χ0n) is 12.0. The lowest BCUT2D eigenvalue weighted by Crippen LogP contribution is -2.34. The van der Waals surface area contributed by atoms with Gasteiger partial charge in [0.05, 0.1) is 12.6 Å². The van der Waals surface area contributed by atoms with Crippen molar-refractivity contribution in [3.63, 3.8) is 0 Å². The number of hydrogen-bond donors (Lipinski definition) is 1. The van der Waals surface area contributed by atoms with Crippen molar-refractivity contribution in [2.24, 2.45) is 5.92 Å². The first-order chi connectivity index (χ1) is 9.52. The van der Waals surface area contributed by atoms with Gasteiger partial charge < -0.3 is 5.11 Å². The fraction of sp³-hybridized carbons (Fsp3) is 0.500. The van der Waals surface area contributed by atoms with Gasteiger partial charge in [-0.3, -0.25) is 14.5 Å². The number of aryl methyl sites for hydroxylation is 1. The Labute approximate surface area is 119 Å². The number of amides is 2. The van der Waals surface area contributed by atoms with Gasteiger partial charge in [-0.25, -0.2) is 0 Å². The summed E-state index contributed by atoms with van der Waals surface area (Å²) in [7, 11) is 0. The third kappa shape index (κ3) is 3.07. The second-order valence-electron chi connectivity index (χ2n) is 5.46. The summed E-state index contributed by atoms with van der Waals surface area (Å²) in [4.78, 5) is 24.7. The van der Waals surface area contributed by atoms with E-state index in [2.05, 4.69) is 6.92 Å². The molecule has 2 atom stereocenters. The summed E-state index contributed by atoms with van der Waals surface area (Å²) < 4.78 is 0. The number of carbonyl (C=O) groups is 2. The first kappa shape index (κ1) is 14.7. The van der Waals surface area contributed by atoms with E-state index in [1.807, 2.05) is 24.3 Å². The van der Waals surface area contributed by atoms with Gasteiger partial charge in [0.1, 0.15) is 0 Å². The van der Waals surface area contributed by atoms with Crippen LogP contribution >= 0.6 is 0 Å². The number of rotatable bonds is 5. The molecule has 20 heavy (non-hydrogen) atoms. The molecule has 2 amide bonds. The fourth-order valence-electron chi connectivity index (χ4n) is 2.51. The summed E-state index contributed by atoms with van der Waals surface area (Å²) in [6.45, 7) is 3.91. The average Bonchev–Trinajstić information content (AvgIpc) is 2.66. The number of aliphatic hydroxyl groups excluding tert-OH is 1. The van der Waals surface area contributed by atoms with Crippen LogP contribution in [0, 0.1) is 5.92 Å². The van der Waals surface area contributed by atoms with Gasteiger partial charge in [-0.2, -0.15) is 0 Å². The molecule has 1 N–H and O–H groups in total. The standard InChI is InChI=1S/C16H21NO3/c1-3-4-12-5-7-13(8-6-12)14(18)10-17-15(19)9-11(2)16(17)20/h5-8,11,14,18H,3-4,9-10H2,1-2H3. The minimum Gasteiger partial charge on any atom is -0.387 e. The summed E-state index contributed by atoms with van der Waals surface area (Å²) in [6.07, 6.45) is 1.53. The van der Waals surface area contributed by atoms with Crippen LogP contribution in [0.15, 0.2) is 24.3 Å². The third-order valence-electron chi connectivity index (χ3n) is 3.73. The van der Waals surface area contributed by atoms with Crippen LogP contribution in [-0.2, 0) is 16.0 Å². The summed E-state index contributed by atoms with van der Waals surface area (Å²) >= 11 is 0. The Bertz CT molecular complexity index is 495. The van der Waals surface area contributed by atoms with Crippen LogP contribution in [0.25, 0.3) is 0 Å². The van der Waals surface area contributed by atoms with Gasteiger partial charge in [-0.15, -0.1) is 0 Å². The topological polar surface area (TPSA) is 57.6 Å². The maximum Gasteiger partial charge on any atom is 0.232 e. The zero-order chi connectivity index (χ0) is 14.7. The van der Waals surface area contributed by atoms with Crippen molar-refractivity contribution in [2.75, 3.05) is 6.54 Å². The molecule has 4 heteroatoms. The van der Waals surface area contributed by atoms with Gasteiger partial charge in [0.15, 0.2) is 0 Å². The molecule has 0 saturated carbocycles. The van der Waals surface area contributed by atoms with Gasteiger partial charge in [0.2, 0.25) is 11.8 Å². The number of nitrogens with zero attached hydrogens (tertiary/aromatic N) is 1. The van der Waals surface area contributed by atoms with Gasteiger partial charge in [-0.1, -0.05) is 44.5 Å². The summed E-state index contributed by atoms with van der Waals surface area (Å²) in [5.41, 5.74) is 1.97. The molecule has 1 aromatic carbocycles. The number of aliphatic hydroxyl groups is 1. The quantitative estimate of drug-likeness (QED) is 0.837. The van der Waals surface area contributed by atoms with E-state index in [-0.39, 0.29) is 30.7 Å². The molecule has 0 radical (unpaired) electrons. The highest BCUT2D eigenvalue weighted by atomic mass is 16.3. The van der Waals surface area contributed by atoms with E-state index in [1.165, 1.54) is 10.5 Å². The van der Waals surface area contributed by atoms with Crippen molar-refractivity contribution in [2.45, 2.75) is 39.2 Å². The van der Waals surface area contributed by atoms with Crippen LogP contribution < -0.4 is 0 Å². The first-order valence-corrected chi connectivity index (χ1v) is 7.14. The Balaban J connectivity index is 2.02. The lowest BCUT2D eigenvalue weighted by atomic mass is 10.0. The predicted molar refractivity (Wildman–Crippen MR) is 75.9 cm³/mol. The van der Waals surface area contributed by atoms with Gasteiger partial charge in [0, 0.05) is 12.3 Å². The summed E-state index contributed by atoms with van der Waals surface area (Å²) in [5, 5.41) is 10.2. The number of benzene rings is 1. The third-order valence-corrected chi connectivity index (χ3v) is 3.73. The van der Waals surface area contributed by atoms with Crippen LogP contribution in [0.4, 0.5) is 0 Å². The van der Waals surface area contributed by atoms with Crippen molar-refractivity contribution >= 4 is 11.8 Å². The minimum atomic E-state index is -0.816. The van der Waals surface area contributed by atoms with E-state index < -0.39 is 6.10 Å². The van der Waals surface area contributed by atoms with Crippen LogP contribution in [0.2, 0.25) is 0 Å². The maximum atomic E-state index is 11.8. The zero-order valence-corrected chi connectivity index (χ0v) is 12.0. The molecule has 1 aliphatic heterocycles. The van der Waals surface area contributed by atoms with Gasteiger partial charge in [0.25, 0.3) is 0 Å². The molecular formula is C16H21NO3.